The van der Waals surface area contributed by atoms with Gasteiger partial charge in [0.2, 0.25) is 0 Å². The van der Waals surface area contributed by atoms with Gasteiger partial charge in [-0.15, -0.1) is 0 Å². The van der Waals surface area contributed by atoms with Gasteiger partial charge in [0.25, 0.3) is 0 Å². The van der Waals surface area contributed by atoms with Crippen molar-refractivity contribution in [1.82, 2.24) is 14.1 Å². The molecular formula is C11H11N3OS. The first-order chi connectivity index (χ1) is 7.61. The number of aromatic nitrogens is 3. The van der Waals surface area contributed by atoms with Crippen LogP contribution in [-0.2, 0) is 14.1 Å². The first-order valence-electron chi connectivity index (χ1n) is 4.78. The lowest BCUT2D eigenvalue weighted by molar-refractivity contribution is 0.705. The summed E-state index contributed by atoms with van der Waals surface area (Å²) in [5, 5.41) is 0. The summed E-state index contributed by atoms with van der Waals surface area (Å²) < 4.78 is 3.52. The summed E-state index contributed by atoms with van der Waals surface area (Å²) in [6.07, 6.45) is 3.41. The first kappa shape index (κ1) is 10.8. The van der Waals surface area contributed by atoms with Gasteiger partial charge < -0.3 is 0 Å². The third-order valence-electron chi connectivity index (χ3n) is 2.48. The Labute approximate surface area is 97.8 Å². The Hall–Kier alpha value is -1.75. The van der Waals surface area contributed by atoms with Gasteiger partial charge in [-0.2, -0.15) is 0 Å². The first-order valence-corrected chi connectivity index (χ1v) is 5.19. The van der Waals surface area contributed by atoms with E-state index in [0.717, 1.165) is 11.3 Å². The van der Waals surface area contributed by atoms with Crippen molar-refractivity contribution in [2.75, 3.05) is 0 Å². The van der Waals surface area contributed by atoms with Crippen LogP contribution in [0.15, 0.2) is 35.4 Å². The minimum atomic E-state index is -0.133. The Kier molecular flexibility index (Phi) is 2.70. The molecule has 0 bridgehead atoms. The zero-order chi connectivity index (χ0) is 11.7. The molecule has 2 aromatic rings. The van der Waals surface area contributed by atoms with Crippen molar-refractivity contribution in [3.63, 3.8) is 0 Å². The highest BCUT2D eigenvalue weighted by atomic mass is 32.1. The minimum absolute atomic E-state index is 0.133. The molecule has 0 aliphatic rings. The predicted octanol–water partition coefficient (Wildman–Crippen LogP) is 1.52. The van der Waals surface area contributed by atoms with Crippen molar-refractivity contribution < 1.29 is 0 Å². The van der Waals surface area contributed by atoms with E-state index in [9.17, 15) is 4.79 Å². The lowest BCUT2D eigenvalue weighted by atomic mass is 10.2. The van der Waals surface area contributed by atoms with Crippen molar-refractivity contribution in [1.29, 1.82) is 0 Å². The van der Waals surface area contributed by atoms with Crippen LogP contribution in [0.3, 0.4) is 0 Å². The fraction of sp³-hybridized carbons (Fsp3) is 0.182. The molecule has 0 aliphatic carbocycles. The van der Waals surface area contributed by atoms with Crippen LogP contribution in [-0.4, -0.2) is 14.1 Å². The van der Waals surface area contributed by atoms with Crippen LogP contribution < -0.4 is 5.69 Å². The van der Waals surface area contributed by atoms with Gasteiger partial charge in [0, 0.05) is 32.1 Å². The maximum absolute atomic E-state index is 11.8. The molecule has 2 heterocycles. The van der Waals surface area contributed by atoms with E-state index in [1.54, 1.807) is 37.1 Å². The zero-order valence-electron chi connectivity index (χ0n) is 9.04. The fourth-order valence-electron chi connectivity index (χ4n) is 1.52. The molecule has 0 aromatic carbocycles. The Morgan fingerprint density at radius 1 is 1.31 bits per heavy atom. The minimum Gasteiger partial charge on any atom is -0.296 e. The molecule has 0 aliphatic heterocycles. The van der Waals surface area contributed by atoms with E-state index >= 15 is 0 Å². The summed E-state index contributed by atoms with van der Waals surface area (Å²) in [6.45, 7) is 0. The summed E-state index contributed by atoms with van der Waals surface area (Å²) in [6, 6.07) is 5.53. The van der Waals surface area contributed by atoms with Crippen LogP contribution >= 0.6 is 12.2 Å². The molecule has 0 spiro atoms. The van der Waals surface area contributed by atoms with Crippen molar-refractivity contribution >= 4 is 12.2 Å². The van der Waals surface area contributed by atoms with Gasteiger partial charge in [-0.3, -0.25) is 14.1 Å². The predicted molar refractivity (Wildman–Crippen MR) is 64.7 cm³/mol. The molecule has 0 unspecified atom stereocenters. The van der Waals surface area contributed by atoms with Gasteiger partial charge >= 0.3 is 5.69 Å². The lowest BCUT2D eigenvalue weighted by Gasteiger charge is -2.09. The number of pyridine rings is 1. The molecule has 0 saturated heterocycles. The summed E-state index contributed by atoms with van der Waals surface area (Å²) in [4.78, 5) is 15.9. The topological polar surface area (TPSA) is 39.8 Å². The normalized spacial score (nSPS) is 10.4. The molecule has 82 valence electrons. The van der Waals surface area contributed by atoms with Crippen LogP contribution in [0.5, 0.6) is 0 Å². The Morgan fingerprint density at radius 2 is 2.06 bits per heavy atom. The molecule has 0 amide bonds. The second-order valence-corrected chi connectivity index (χ2v) is 3.93. The quantitative estimate of drug-likeness (QED) is 0.701. The molecule has 4 nitrogen and oxygen atoms in total. The van der Waals surface area contributed by atoms with Crippen molar-refractivity contribution in [2.45, 2.75) is 0 Å². The van der Waals surface area contributed by atoms with Gasteiger partial charge in [0.1, 0.15) is 4.64 Å². The second-order valence-electron chi connectivity index (χ2n) is 3.51. The van der Waals surface area contributed by atoms with Crippen molar-refractivity contribution in [2.24, 2.45) is 14.1 Å². The van der Waals surface area contributed by atoms with E-state index in [1.807, 2.05) is 12.1 Å². The van der Waals surface area contributed by atoms with E-state index < -0.39 is 0 Å². The van der Waals surface area contributed by atoms with Crippen LogP contribution in [0.25, 0.3) is 11.3 Å². The molecule has 2 aromatic heterocycles. The van der Waals surface area contributed by atoms with E-state index in [-0.39, 0.29) is 5.69 Å². The van der Waals surface area contributed by atoms with E-state index in [4.69, 9.17) is 12.2 Å². The Bertz CT molecular complexity index is 628. The molecule has 5 heteroatoms. The zero-order valence-corrected chi connectivity index (χ0v) is 9.86. The van der Waals surface area contributed by atoms with Crippen LogP contribution in [0, 0.1) is 4.64 Å². The number of hydrogen-bond acceptors (Lipinski definition) is 3. The molecule has 0 atom stereocenters. The highest BCUT2D eigenvalue weighted by Gasteiger charge is 2.05. The molecule has 16 heavy (non-hydrogen) atoms. The van der Waals surface area contributed by atoms with Gasteiger partial charge in [0.05, 0.1) is 5.69 Å². The largest absolute Gasteiger partial charge is 0.329 e. The van der Waals surface area contributed by atoms with Crippen molar-refractivity contribution in [3.8, 4) is 11.3 Å². The Balaban J connectivity index is 2.78. The van der Waals surface area contributed by atoms with Gasteiger partial charge in [-0.25, -0.2) is 4.79 Å². The van der Waals surface area contributed by atoms with Crippen LogP contribution in [0.2, 0.25) is 0 Å². The monoisotopic (exact) mass is 233 g/mol. The van der Waals surface area contributed by atoms with Gasteiger partial charge in [0.15, 0.2) is 0 Å². The van der Waals surface area contributed by atoms with Gasteiger partial charge in [-0.1, -0.05) is 12.2 Å². The standard InChI is InChI=1S/C11H11N3OS/c1-13-9(8-4-3-5-12-7-8)6-10(16)14(2)11(13)15/h3-7H,1-2H3. The van der Waals surface area contributed by atoms with Gasteiger partial charge in [-0.05, 0) is 18.2 Å². The maximum Gasteiger partial charge on any atom is 0.329 e. The lowest BCUT2D eigenvalue weighted by Crippen LogP contribution is -2.28. The summed E-state index contributed by atoms with van der Waals surface area (Å²) >= 11 is 5.12. The average Bonchev–Trinajstić information content (AvgIpc) is 2.32. The fourth-order valence-corrected chi connectivity index (χ4v) is 1.71. The highest BCUT2D eigenvalue weighted by molar-refractivity contribution is 7.71. The molecular weight excluding hydrogens is 222 g/mol. The smallest absolute Gasteiger partial charge is 0.296 e. The highest BCUT2D eigenvalue weighted by Crippen LogP contribution is 2.15. The molecule has 0 radical (unpaired) electrons. The molecule has 0 fully saturated rings. The summed E-state index contributed by atoms with van der Waals surface area (Å²) in [7, 11) is 3.39. The van der Waals surface area contributed by atoms with E-state index in [0.29, 0.717) is 4.64 Å². The summed E-state index contributed by atoms with van der Waals surface area (Å²) in [5.41, 5.74) is 1.53. The number of rotatable bonds is 1. The third-order valence-corrected chi connectivity index (χ3v) is 2.88. The summed E-state index contributed by atoms with van der Waals surface area (Å²) in [5.74, 6) is 0. The number of hydrogen-bond donors (Lipinski definition) is 0. The van der Waals surface area contributed by atoms with Crippen molar-refractivity contribution in [3.05, 3.63) is 45.7 Å². The van der Waals surface area contributed by atoms with Crippen LogP contribution in [0.4, 0.5) is 0 Å². The van der Waals surface area contributed by atoms with Crippen LogP contribution in [0.1, 0.15) is 0 Å². The second kappa shape index (κ2) is 4.02. The molecule has 0 saturated carbocycles. The van der Waals surface area contributed by atoms with E-state index in [2.05, 4.69) is 4.98 Å². The average molecular weight is 233 g/mol. The Morgan fingerprint density at radius 3 is 2.69 bits per heavy atom. The number of nitrogens with zero attached hydrogens (tertiary/aromatic N) is 3. The SMILES string of the molecule is Cn1c(-c2cccnc2)cc(=S)n(C)c1=O. The molecule has 2 rings (SSSR count). The maximum atomic E-state index is 11.8. The molecule has 0 N–H and O–H groups in total. The third kappa shape index (κ3) is 1.69. The van der Waals surface area contributed by atoms with E-state index in [1.165, 1.54) is 4.57 Å².